The average molecular weight is 380 g/mol. The van der Waals surface area contributed by atoms with Gasteiger partial charge in [0.2, 0.25) is 0 Å². The van der Waals surface area contributed by atoms with Crippen molar-refractivity contribution in [3.63, 3.8) is 0 Å². The number of hydrogen-bond donors (Lipinski definition) is 0. The highest BCUT2D eigenvalue weighted by molar-refractivity contribution is 7.98. The molecule has 4 aromatic rings. The van der Waals surface area contributed by atoms with Gasteiger partial charge in [-0.05, 0) is 35.9 Å². The molecule has 7 heteroatoms. The topological polar surface area (TPSA) is 56.5 Å². The molecule has 0 fully saturated rings. The molecule has 3 heterocycles. The molecular weight excluding hydrogens is 366 g/mol. The van der Waals surface area contributed by atoms with E-state index in [0.717, 1.165) is 33.5 Å². The lowest BCUT2D eigenvalue weighted by molar-refractivity contribution is 0.886. The Morgan fingerprint density at radius 1 is 0.923 bits per heavy atom. The largest absolute Gasteiger partial charge is 0.270 e. The maximum absolute atomic E-state index is 5.86. The zero-order chi connectivity index (χ0) is 17.8. The van der Waals surface area contributed by atoms with Gasteiger partial charge in [0.1, 0.15) is 5.15 Å². The van der Waals surface area contributed by atoms with Crippen LogP contribution in [0.25, 0.3) is 17.1 Å². The molecule has 128 valence electrons. The summed E-state index contributed by atoms with van der Waals surface area (Å²) in [7, 11) is 0. The minimum atomic E-state index is 0.492. The Balaban J connectivity index is 1.70. The first-order chi connectivity index (χ1) is 12.8. The molecule has 0 amide bonds. The number of rotatable bonds is 5. The van der Waals surface area contributed by atoms with Crippen LogP contribution >= 0.6 is 23.4 Å². The molecule has 0 spiro atoms. The van der Waals surface area contributed by atoms with Crippen LogP contribution in [0.1, 0.15) is 5.56 Å². The van der Waals surface area contributed by atoms with Gasteiger partial charge in [0.15, 0.2) is 11.0 Å². The van der Waals surface area contributed by atoms with Crippen molar-refractivity contribution in [2.45, 2.75) is 10.9 Å². The van der Waals surface area contributed by atoms with Crippen LogP contribution in [0, 0.1) is 0 Å². The molecular formula is C19H14ClN5S. The van der Waals surface area contributed by atoms with E-state index in [1.165, 1.54) is 0 Å². The van der Waals surface area contributed by atoms with Crippen LogP contribution < -0.4 is 0 Å². The fourth-order valence-electron chi connectivity index (χ4n) is 2.50. The summed E-state index contributed by atoms with van der Waals surface area (Å²) in [5.74, 6) is 1.52. The summed E-state index contributed by atoms with van der Waals surface area (Å²) in [5, 5.41) is 10.1. The number of hydrogen-bond acceptors (Lipinski definition) is 5. The van der Waals surface area contributed by atoms with Crippen molar-refractivity contribution in [3.05, 3.63) is 83.9 Å². The summed E-state index contributed by atoms with van der Waals surface area (Å²) in [6.45, 7) is 0. The average Bonchev–Trinajstić information content (AvgIpc) is 3.13. The standard InChI is InChI=1S/C19H14ClN5S/c20-17-7-6-14(12-22-17)13-26-19-24-23-18(15-8-10-21-11-9-15)25(19)16-4-2-1-3-5-16/h1-12H,13H2. The van der Waals surface area contributed by atoms with Crippen molar-refractivity contribution in [1.82, 2.24) is 24.7 Å². The van der Waals surface area contributed by atoms with E-state index in [-0.39, 0.29) is 0 Å². The van der Waals surface area contributed by atoms with Crippen LogP contribution in [0.5, 0.6) is 0 Å². The van der Waals surface area contributed by atoms with Gasteiger partial charge in [0, 0.05) is 35.6 Å². The van der Waals surface area contributed by atoms with Gasteiger partial charge in [-0.25, -0.2) is 4.98 Å². The lowest BCUT2D eigenvalue weighted by Gasteiger charge is -2.10. The molecule has 0 saturated heterocycles. The summed E-state index contributed by atoms with van der Waals surface area (Å²) in [5.41, 5.74) is 3.06. The third kappa shape index (κ3) is 3.61. The summed E-state index contributed by atoms with van der Waals surface area (Å²) in [4.78, 5) is 8.21. The minimum absolute atomic E-state index is 0.492. The monoisotopic (exact) mass is 379 g/mol. The van der Waals surface area contributed by atoms with Crippen LogP contribution in [0.2, 0.25) is 5.15 Å². The van der Waals surface area contributed by atoms with E-state index in [4.69, 9.17) is 11.6 Å². The quantitative estimate of drug-likeness (QED) is 0.372. The van der Waals surface area contributed by atoms with Crippen molar-refractivity contribution in [3.8, 4) is 17.1 Å². The van der Waals surface area contributed by atoms with Gasteiger partial charge in [-0.1, -0.05) is 47.6 Å². The third-order valence-electron chi connectivity index (χ3n) is 3.74. The van der Waals surface area contributed by atoms with Crippen molar-refractivity contribution >= 4 is 23.4 Å². The van der Waals surface area contributed by atoms with Gasteiger partial charge >= 0.3 is 0 Å². The normalized spacial score (nSPS) is 10.8. The number of benzene rings is 1. The zero-order valence-corrected chi connectivity index (χ0v) is 15.2. The summed E-state index contributed by atoms with van der Waals surface area (Å²) in [6.07, 6.45) is 5.29. The molecule has 0 saturated carbocycles. The van der Waals surface area contributed by atoms with Gasteiger partial charge < -0.3 is 0 Å². The van der Waals surface area contributed by atoms with Crippen LogP contribution in [0.4, 0.5) is 0 Å². The lowest BCUT2D eigenvalue weighted by Crippen LogP contribution is -1.99. The van der Waals surface area contributed by atoms with Gasteiger partial charge in [0.05, 0.1) is 0 Å². The smallest absolute Gasteiger partial charge is 0.196 e. The van der Waals surface area contributed by atoms with Crippen molar-refractivity contribution in [2.75, 3.05) is 0 Å². The Hall–Kier alpha value is -2.70. The lowest BCUT2D eigenvalue weighted by atomic mass is 10.2. The molecule has 26 heavy (non-hydrogen) atoms. The van der Waals surface area contributed by atoms with Crippen LogP contribution in [0.3, 0.4) is 0 Å². The first-order valence-corrected chi connectivity index (χ1v) is 9.32. The molecule has 4 rings (SSSR count). The second-order valence-corrected chi connectivity index (χ2v) is 6.82. The Morgan fingerprint density at radius 3 is 2.46 bits per heavy atom. The highest BCUT2D eigenvalue weighted by atomic mass is 35.5. The molecule has 0 atom stereocenters. The van der Waals surface area contributed by atoms with Crippen molar-refractivity contribution in [2.24, 2.45) is 0 Å². The molecule has 1 aromatic carbocycles. The molecule has 0 aliphatic heterocycles. The Morgan fingerprint density at radius 2 is 1.73 bits per heavy atom. The van der Waals surface area contributed by atoms with Gasteiger partial charge in [-0.3, -0.25) is 9.55 Å². The maximum atomic E-state index is 5.86. The van der Waals surface area contributed by atoms with E-state index in [9.17, 15) is 0 Å². The van der Waals surface area contributed by atoms with Gasteiger partial charge in [0.25, 0.3) is 0 Å². The van der Waals surface area contributed by atoms with Crippen molar-refractivity contribution in [1.29, 1.82) is 0 Å². The second kappa shape index (κ2) is 7.68. The van der Waals surface area contributed by atoms with Crippen LogP contribution in [-0.2, 0) is 5.75 Å². The number of para-hydroxylation sites is 1. The number of nitrogens with zero attached hydrogens (tertiary/aromatic N) is 5. The molecule has 3 aromatic heterocycles. The van der Waals surface area contributed by atoms with Gasteiger partial charge in [-0.2, -0.15) is 0 Å². The fourth-order valence-corrected chi connectivity index (χ4v) is 3.50. The van der Waals surface area contributed by atoms with Gasteiger partial charge in [-0.15, -0.1) is 10.2 Å². The first-order valence-electron chi connectivity index (χ1n) is 7.96. The number of aromatic nitrogens is 5. The van der Waals surface area contributed by atoms with E-state index in [2.05, 4.69) is 24.7 Å². The zero-order valence-electron chi connectivity index (χ0n) is 13.7. The summed E-state index contributed by atoms with van der Waals surface area (Å²) >= 11 is 7.46. The second-order valence-electron chi connectivity index (χ2n) is 5.49. The number of halogens is 1. The van der Waals surface area contributed by atoms with Crippen LogP contribution in [-0.4, -0.2) is 24.7 Å². The highest BCUT2D eigenvalue weighted by Gasteiger charge is 2.16. The molecule has 0 radical (unpaired) electrons. The van der Waals surface area contributed by atoms with Crippen LogP contribution in [0.15, 0.2) is 78.3 Å². The Kier molecular flexibility index (Phi) is 4.95. The van der Waals surface area contributed by atoms with E-state index < -0.39 is 0 Å². The Labute approximate surface area is 160 Å². The van der Waals surface area contributed by atoms with E-state index in [1.807, 2.05) is 48.5 Å². The molecule has 0 aliphatic rings. The highest BCUT2D eigenvalue weighted by Crippen LogP contribution is 2.29. The maximum Gasteiger partial charge on any atom is 0.196 e. The van der Waals surface area contributed by atoms with E-state index in [1.54, 1.807) is 36.4 Å². The molecule has 0 aliphatic carbocycles. The molecule has 0 unspecified atom stereocenters. The van der Waals surface area contributed by atoms with Crippen molar-refractivity contribution < 1.29 is 0 Å². The first kappa shape index (κ1) is 16.8. The predicted octanol–water partition coefficient (Wildman–Crippen LogP) is 4.67. The Bertz CT molecular complexity index is 988. The number of thioether (sulfide) groups is 1. The third-order valence-corrected chi connectivity index (χ3v) is 4.97. The number of pyridine rings is 2. The molecule has 5 nitrogen and oxygen atoms in total. The summed E-state index contributed by atoms with van der Waals surface area (Å²) < 4.78 is 2.06. The van der Waals surface area contributed by atoms with E-state index in [0.29, 0.717) is 5.15 Å². The predicted molar refractivity (Wildman–Crippen MR) is 103 cm³/mol. The minimum Gasteiger partial charge on any atom is -0.270 e. The molecule has 0 bridgehead atoms. The van der Waals surface area contributed by atoms with E-state index >= 15 is 0 Å². The molecule has 0 N–H and O–H groups in total. The summed E-state index contributed by atoms with van der Waals surface area (Å²) in [6, 6.07) is 17.7. The fraction of sp³-hybridized carbons (Fsp3) is 0.0526. The SMILES string of the molecule is Clc1ccc(CSc2nnc(-c3ccncc3)n2-c2ccccc2)cn1.